The highest BCUT2D eigenvalue weighted by atomic mass is 19.1. The summed E-state index contributed by atoms with van der Waals surface area (Å²) in [6.07, 6.45) is -2.01. The predicted molar refractivity (Wildman–Crippen MR) is 108 cm³/mol. The Kier molecular flexibility index (Phi) is 6.36. The third-order valence-electron chi connectivity index (χ3n) is 4.71. The first-order chi connectivity index (χ1) is 13.6. The van der Waals surface area contributed by atoms with Crippen molar-refractivity contribution in [2.45, 2.75) is 25.4 Å². The Morgan fingerprint density at radius 2 is 1.68 bits per heavy atom. The predicted octanol–water partition coefficient (Wildman–Crippen LogP) is 5.13. The fourth-order valence-electron chi connectivity index (χ4n) is 3.33. The molecular weight excluding hydrogens is 355 g/mol. The van der Waals surface area contributed by atoms with Crippen LogP contribution in [-0.4, -0.2) is 24.7 Å². The van der Waals surface area contributed by atoms with E-state index < -0.39 is 18.1 Å². The molecule has 0 aromatic heterocycles. The first-order valence-corrected chi connectivity index (χ1v) is 9.23. The Morgan fingerprint density at radius 1 is 1.00 bits per heavy atom. The highest BCUT2D eigenvalue weighted by Gasteiger charge is 2.28. The van der Waals surface area contributed by atoms with Gasteiger partial charge in [-0.05, 0) is 34.9 Å². The summed E-state index contributed by atoms with van der Waals surface area (Å²) >= 11 is 0. The lowest BCUT2D eigenvalue weighted by atomic mass is 9.83. The van der Waals surface area contributed by atoms with Gasteiger partial charge in [-0.2, -0.15) is 0 Å². The van der Waals surface area contributed by atoms with E-state index in [0.29, 0.717) is 11.1 Å². The van der Waals surface area contributed by atoms with Crippen LogP contribution in [0.5, 0.6) is 0 Å². The Hall–Kier alpha value is -3.23. The maximum Gasteiger partial charge on any atom is 0.340 e. The number of benzene rings is 3. The van der Waals surface area contributed by atoms with E-state index >= 15 is 0 Å². The Balaban J connectivity index is 2.01. The third-order valence-corrected chi connectivity index (χ3v) is 4.71. The number of carbonyl (C=O) groups is 1. The molecule has 0 bridgehead atoms. The van der Waals surface area contributed by atoms with Crippen LogP contribution in [0.15, 0.2) is 72.8 Å². The molecule has 0 fully saturated rings. The zero-order chi connectivity index (χ0) is 19.9. The molecule has 4 heteroatoms. The molecule has 0 saturated carbocycles. The molecule has 0 saturated heterocycles. The molecular formula is C24H21FO3. The van der Waals surface area contributed by atoms with E-state index in [0.717, 1.165) is 16.3 Å². The molecule has 28 heavy (non-hydrogen) atoms. The van der Waals surface area contributed by atoms with Crippen molar-refractivity contribution < 1.29 is 18.7 Å². The van der Waals surface area contributed by atoms with Crippen molar-refractivity contribution in [3.63, 3.8) is 0 Å². The van der Waals surface area contributed by atoms with Crippen molar-refractivity contribution in [3.8, 4) is 0 Å². The van der Waals surface area contributed by atoms with Gasteiger partial charge in [-0.1, -0.05) is 66.7 Å². The summed E-state index contributed by atoms with van der Waals surface area (Å²) in [5, 5.41) is 2.02. The summed E-state index contributed by atoms with van der Waals surface area (Å²) in [5.74, 6) is 0.484. The number of halogens is 1. The highest BCUT2D eigenvalue weighted by molar-refractivity contribution is 5.95. The summed E-state index contributed by atoms with van der Waals surface area (Å²) in [6, 6.07) is 22.6. The monoisotopic (exact) mass is 376 g/mol. The summed E-state index contributed by atoms with van der Waals surface area (Å²) < 4.78 is 19.4. The van der Waals surface area contributed by atoms with E-state index in [1.54, 1.807) is 6.92 Å². The van der Waals surface area contributed by atoms with Crippen molar-refractivity contribution in [1.82, 2.24) is 0 Å². The number of fused-ring (bicyclic) bond motifs is 1. The fourth-order valence-corrected chi connectivity index (χ4v) is 3.33. The van der Waals surface area contributed by atoms with Crippen LogP contribution in [0.3, 0.4) is 0 Å². The first kappa shape index (κ1) is 19.5. The zero-order valence-electron chi connectivity index (χ0n) is 15.6. The van der Waals surface area contributed by atoms with Crippen molar-refractivity contribution in [3.05, 3.63) is 83.9 Å². The molecule has 3 rings (SSSR count). The van der Waals surface area contributed by atoms with E-state index in [4.69, 9.17) is 4.74 Å². The Morgan fingerprint density at radius 3 is 2.36 bits per heavy atom. The average Bonchev–Trinajstić information content (AvgIpc) is 2.74. The number of hydrogen-bond acceptors (Lipinski definition) is 3. The first-order valence-electron chi connectivity index (χ1n) is 9.23. The minimum atomic E-state index is -1.83. The standard InChI is InChI=1S/C24H21FO3/c1-2-28-24(27)23(25)15-21(18-9-4-3-5-10-18)22(16-26)20-13-12-17-8-6-7-11-19(17)14-20/h3-14,21,23H,2,15H2,1H3. The lowest BCUT2D eigenvalue weighted by Crippen LogP contribution is -2.22. The minimum absolute atomic E-state index is 0.107. The van der Waals surface area contributed by atoms with Crippen LogP contribution in [0.2, 0.25) is 0 Å². The number of allylic oxidation sites excluding steroid dienone is 1. The molecule has 3 aromatic rings. The van der Waals surface area contributed by atoms with Gasteiger partial charge in [0.25, 0.3) is 0 Å². The van der Waals surface area contributed by atoms with Gasteiger partial charge in [-0.15, -0.1) is 0 Å². The average molecular weight is 376 g/mol. The molecule has 0 heterocycles. The number of hydrogen-bond donors (Lipinski definition) is 0. The van der Waals surface area contributed by atoms with Crippen molar-refractivity contribution >= 4 is 28.3 Å². The van der Waals surface area contributed by atoms with Crippen LogP contribution in [0.25, 0.3) is 16.3 Å². The van der Waals surface area contributed by atoms with Crippen molar-refractivity contribution in [2.24, 2.45) is 0 Å². The van der Waals surface area contributed by atoms with Gasteiger partial charge in [0.2, 0.25) is 0 Å². The molecule has 0 aliphatic rings. The number of ether oxygens (including phenoxy) is 1. The fraction of sp³-hybridized carbons (Fsp3) is 0.208. The summed E-state index contributed by atoms with van der Waals surface area (Å²) in [6.45, 7) is 1.74. The Bertz CT molecular complexity index is 1010. The quantitative estimate of drug-likeness (QED) is 0.424. The lowest BCUT2D eigenvalue weighted by Gasteiger charge is -2.20. The van der Waals surface area contributed by atoms with E-state index in [2.05, 4.69) is 0 Å². The minimum Gasteiger partial charge on any atom is -0.464 e. The summed E-state index contributed by atoms with van der Waals surface area (Å²) in [5.41, 5.74) is 1.74. The van der Waals surface area contributed by atoms with Crippen LogP contribution in [0, 0.1) is 0 Å². The normalized spacial score (nSPS) is 12.8. The molecule has 0 aliphatic carbocycles. The van der Waals surface area contributed by atoms with Gasteiger partial charge in [0.1, 0.15) is 5.94 Å². The van der Waals surface area contributed by atoms with E-state index in [-0.39, 0.29) is 13.0 Å². The zero-order valence-corrected chi connectivity index (χ0v) is 15.6. The molecule has 0 N–H and O–H groups in total. The van der Waals surface area contributed by atoms with Crippen LogP contribution in [0.4, 0.5) is 4.39 Å². The van der Waals surface area contributed by atoms with Gasteiger partial charge in [-0.3, -0.25) is 0 Å². The molecule has 2 unspecified atom stereocenters. The lowest BCUT2D eigenvalue weighted by molar-refractivity contribution is -0.149. The number of esters is 1. The van der Waals surface area contributed by atoms with Crippen molar-refractivity contribution in [1.29, 1.82) is 0 Å². The van der Waals surface area contributed by atoms with Gasteiger partial charge >= 0.3 is 5.97 Å². The van der Waals surface area contributed by atoms with Crippen LogP contribution in [0.1, 0.15) is 30.4 Å². The second-order valence-corrected chi connectivity index (χ2v) is 6.50. The topological polar surface area (TPSA) is 43.4 Å². The smallest absolute Gasteiger partial charge is 0.340 e. The van der Waals surface area contributed by atoms with E-state index in [1.807, 2.05) is 78.7 Å². The number of rotatable bonds is 7. The molecule has 0 aliphatic heterocycles. The van der Waals surface area contributed by atoms with Crippen molar-refractivity contribution in [2.75, 3.05) is 6.61 Å². The molecule has 0 amide bonds. The highest BCUT2D eigenvalue weighted by Crippen LogP contribution is 2.36. The molecule has 0 spiro atoms. The summed E-state index contributed by atoms with van der Waals surface area (Å²) in [4.78, 5) is 23.8. The SMILES string of the molecule is CCOC(=O)C(F)CC(C(=C=O)c1ccc2ccccc2c1)c1ccccc1. The van der Waals surface area contributed by atoms with E-state index in [9.17, 15) is 14.0 Å². The summed E-state index contributed by atoms with van der Waals surface area (Å²) in [7, 11) is 0. The maximum absolute atomic E-state index is 14.6. The van der Waals surface area contributed by atoms with Gasteiger partial charge in [0.15, 0.2) is 6.17 Å². The molecule has 2 atom stereocenters. The molecule has 0 radical (unpaired) electrons. The Labute approximate surface area is 163 Å². The second-order valence-electron chi connectivity index (χ2n) is 6.50. The van der Waals surface area contributed by atoms with Gasteiger partial charge in [-0.25, -0.2) is 14.0 Å². The number of alkyl halides is 1. The van der Waals surface area contributed by atoms with Gasteiger partial charge in [0.05, 0.1) is 12.2 Å². The second kappa shape index (κ2) is 9.12. The molecule has 142 valence electrons. The van der Waals surface area contributed by atoms with Crippen LogP contribution in [-0.2, 0) is 14.3 Å². The van der Waals surface area contributed by atoms with Gasteiger partial charge in [0, 0.05) is 12.3 Å². The molecule has 3 nitrogen and oxygen atoms in total. The maximum atomic E-state index is 14.6. The van der Waals surface area contributed by atoms with Crippen LogP contribution >= 0.6 is 0 Å². The largest absolute Gasteiger partial charge is 0.464 e. The van der Waals surface area contributed by atoms with Gasteiger partial charge < -0.3 is 4.74 Å². The molecule has 3 aromatic carbocycles. The third kappa shape index (κ3) is 4.36. The van der Waals surface area contributed by atoms with E-state index in [1.165, 1.54) is 0 Å². The van der Waals surface area contributed by atoms with Crippen LogP contribution < -0.4 is 0 Å². The number of carbonyl (C=O) groups excluding carboxylic acids is 2.